The second-order valence-corrected chi connectivity index (χ2v) is 4.96. The van der Waals surface area contributed by atoms with Gasteiger partial charge in [0.05, 0.1) is 7.11 Å². The number of anilines is 1. The molecule has 2 aromatic rings. The summed E-state index contributed by atoms with van der Waals surface area (Å²) in [5.74, 6) is 0.655. The summed E-state index contributed by atoms with van der Waals surface area (Å²) in [6.45, 7) is 2.57. The van der Waals surface area contributed by atoms with Gasteiger partial charge in [-0.15, -0.1) is 0 Å². The first-order valence-corrected chi connectivity index (χ1v) is 6.23. The van der Waals surface area contributed by atoms with Gasteiger partial charge in [-0.2, -0.15) is 4.98 Å². The van der Waals surface area contributed by atoms with Gasteiger partial charge in [-0.25, -0.2) is 9.97 Å². The number of nitrogens with zero attached hydrogens (tertiary/aromatic N) is 4. The highest BCUT2D eigenvalue weighted by molar-refractivity contribution is 7.55. The molecule has 0 amide bonds. The quantitative estimate of drug-likeness (QED) is 0.759. The van der Waals surface area contributed by atoms with Crippen LogP contribution in [0, 0.1) is 0 Å². The van der Waals surface area contributed by atoms with Crippen LogP contribution in [0.4, 0.5) is 5.82 Å². The second kappa shape index (κ2) is 3.18. The lowest BCUT2D eigenvalue weighted by atomic mass is 10.5. The maximum atomic E-state index is 11.9. The number of hydrogen-bond acceptors (Lipinski definition) is 5. The highest BCUT2D eigenvalue weighted by Gasteiger charge is 2.30. The number of imidazole rings is 1. The van der Waals surface area contributed by atoms with Gasteiger partial charge in [0, 0.05) is 6.54 Å². The predicted octanol–water partition coefficient (Wildman–Crippen LogP) is 0.301. The molecule has 2 aromatic heterocycles. The van der Waals surface area contributed by atoms with E-state index in [1.807, 2.05) is 6.92 Å². The van der Waals surface area contributed by atoms with Crippen LogP contribution in [0.2, 0.25) is 0 Å². The third-order valence-corrected chi connectivity index (χ3v) is 4.14. The predicted molar refractivity (Wildman–Crippen MR) is 59.9 cm³/mol. The fourth-order valence-electron chi connectivity index (χ4n) is 1.76. The molecule has 0 saturated heterocycles. The molecule has 7 nitrogen and oxygen atoms in total. The molecule has 1 unspecified atom stereocenters. The van der Waals surface area contributed by atoms with Gasteiger partial charge in [0.25, 0.3) is 6.01 Å². The molecule has 0 aromatic carbocycles. The molecular weight excluding hydrogens is 229 g/mol. The van der Waals surface area contributed by atoms with Crippen LogP contribution in [0.1, 0.15) is 6.92 Å². The molecule has 3 rings (SSSR count). The molecule has 84 valence electrons. The highest BCUT2D eigenvalue weighted by Crippen LogP contribution is 2.39. The first-order chi connectivity index (χ1) is 7.74. The first kappa shape index (κ1) is 9.59. The van der Waals surface area contributed by atoms with Crippen molar-refractivity contribution in [3.05, 3.63) is 0 Å². The van der Waals surface area contributed by atoms with Crippen LogP contribution >= 0.6 is 7.95 Å². The number of H-pyrrole nitrogens is 1. The highest BCUT2D eigenvalue weighted by atomic mass is 31.1. The van der Waals surface area contributed by atoms with Crippen molar-refractivity contribution >= 4 is 30.5 Å². The maximum Gasteiger partial charge on any atom is 0.295 e. The molecule has 3 heterocycles. The average molecular weight is 239 g/mol. The summed E-state index contributed by atoms with van der Waals surface area (Å²) in [4.78, 5) is 15.4. The molecule has 1 aliphatic heterocycles. The van der Waals surface area contributed by atoms with Crippen LogP contribution < -0.4 is 15.0 Å². The van der Waals surface area contributed by atoms with Crippen LogP contribution in [0.5, 0.6) is 6.01 Å². The molecule has 1 atom stereocenters. The number of aromatic nitrogens is 4. The van der Waals surface area contributed by atoms with Gasteiger partial charge < -0.3 is 14.4 Å². The number of rotatable bonds is 2. The third kappa shape index (κ3) is 1.09. The Morgan fingerprint density at radius 3 is 2.94 bits per heavy atom. The van der Waals surface area contributed by atoms with Crippen molar-refractivity contribution in [1.29, 1.82) is 0 Å². The van der Waals surface area contributed by atoms with Crippen molar-refractivity contribution in [2.75, 3.05) is 18.3 Å². The number of methoxy groups -OCH3 is 1. The number of hydrogen-bond donors (Lipinski definition) is 1. The fraction of sp³-hybridized carbons (Fsp3) is 0.375. The zero-order valence-electron chi connectivity index (χ0n) is 8.81. The largest absolute Gasteiger partial charge is 0.468 e. The van der Waals surface area contributed by atoms with E-state index in [2.05, 4.69) is 19.9 Å². The molecule has 0 spiro atoms. The topological polar surface area (TPSA) is 84.0 Å². The van der Waals surface area contributed by atoms with E-state index >= 15 is 0 Å². The molecule has 1 aliphatic rings. The smallest absolute Gasteiger partial charge is 0.295 e. The normalized spacial score (nSPS) is 18.4. The lowest BCUT2D eigenvalue weighted by Gasteiger charge is -2.11. The Balaban J connectivity index is 2.30. The van der Waals surface area contributed by atoms with Gasteiger partial charge in [-0.05, 0) is 6.92 Å². The van der Waals surface area contributed by atoms with Crippen LogP contribution in [0.15, 0.2) is 0 Å². The van der Waals surface area contributed by atoms with Crippen LogP contribution in [0.3, 0.4) is 0 Å². The molecule has 0 radical (unpaired) electrons. The molecule has 0 fully saturated rings. The number of fused-ring (bicyclic) bond motifs is 4. The molecule has 1 N–H and O–H groups in total. The molecular formula is C8H10N5O2P. The van der Waals surface area contributed by atoms with Crippen molar-refractivity contribution < 1.29 is 9.30 Å². The van der Waals surface area contributed by atoms with E-state index in [1.54, 1.807) is 4.67 Å². The van der Waals surface area contributed by atoms with Crippen molar-refractivity contribution in [3.63, 3.8) is 0 Å². The Morgan fingerprint density at radius 2 is 2.25 bits per heavy atom. The Kier molecular flexibility index (Phi) is 1.91. The summed E-state index contributed by atoms with van der Waals surface area (Å²) in [6.07, 6.45) is 0. The summed E-state index contributed by atoms with van der Waals surface area (Å²) in [7, 11) is -0.523. The van der Waals surface area contributed by atoms with E-state index in [0.717, 1.165) is 0 Å². The van der Waals surface area contributed by atoms with Gasteiger partial charge in [0.2, 0.25) is 13.5 Å². The summed E-state index contributed by atoms with van der Waals surface area (Å²) in [5.41, 5.74) is 1.56. The lowest BCUT2D eigenvalue weighted by Crippen LogP contribution is -2.11. The van der Waals surface area contributed by atoms with E-state index in [0.29, 0.717) is 35.1 Å². The van der Waals surface area contributed by atoms with E-state index in [9.17, 15) is 4.57 Å². The number of ether oxygens (including phenoxy) is 1. The van der Waals surface area contributed by atoms with Crippen LogP contribution in [0.25, 0.3) is 11.2 Å². The lowest BCUT2D eigenvalue weighted by molar-refractivity contribution is 0.386. The molecule has 0 aliphatic carbocycles. The Bertz CT molecular complexity index is 595. The van der Waals surface area contributed by atoms with Crippen molar-refractivity contribution in [3.8, 4) is 6.01 Å². The van der Waals surface area contributed by atoms with E-state index in [4.69, 9.17) is 4.74 Å². The number of aromatic amines is 1. The first-order valence-electron chi connectivity index (χ1n) is 4.88. The Hall–Kier alpha value is -1.62. The van der Waals surface area contributed by atoms with Gasteiger partial charge >= 0.3 is 0 Å². The van der Waals surface area contributed by atoms with Gasteiger partial charge in [0.1, 0.15) is 5.52 Å². The van der Waals surface area contributed by atoms with E-state index in [1.165, 1.54) is 7.11 Å². The Morgan fingerprint density at radius 1 is 1.44 bits per heavy atom. The zero-order chi connectivity index (χ0) is 11.3. The van der Waals surface area contributed by atoms with E-state index < -0.39 is 7.95 Å². The monoisotopic (exact) mass is 239 g/mol. The standard InChI is InChI=1S/C8H10N5O2P/c1-3-13-6-4-5(10-7(9-4)15-2)11-8(12-6)16(13)14/h16H,3H2,1-2H3,(H,9,10,11,12). The second-order valence-electron chi connectivity index (χ2n) is 3.36. The molecule has 16 heavy (non-hydrogen) atoms. The molecule has 2 bridgehead atoms. The van der Waals surface area contributed by atoms with Crippen molar-refractivity contribution in [1.82, 2.24) is 19.9 Å². The minimum Gasteiger partial charge on any atom is -0.468 e. The fourth-order valence-corrected chi connectivity index (χ4v) is 3.05. The summed E-state index contributed by atoms with van der Waals surface area (Å²) in [5, 5.41) is 0. The maximum absolute atomic E-state index is 11.9. The average Bonchev–Trinajstić information content (AvgIpc) is 2.81. The minimum atomic E-state index is -2.05. The van der Waals surface area contributed by atoms with Crippen LogP contribution in [-0.4, -0.2) is 33.6 Å². The third-order valence-electron chi connectivity index (χ3n) is 2.51. The summed E-state index contributed by atoms with van der Waals surface area (Å²) in [6, 6.07) is 0.389. The summed E-state index contributed by atoms with van der Waals surface area (Å²) >= 11 is 0. The summed E-state index contributed by atoms with van der Waals surface area (Å²) < 4.78 is 18.7. The van der Waals surface area contributed by atoms with Crippen LogP contribution in [-0.2, 0) is 4.57 Å². The van der Waals surface area contributed by atoms with E-state index in [-0.39, 0.29) is 0 Å². The molecule has 8 heteroatoms. The number of nitrogens with one attached hydrogen (secondary N) is 1. The van der Waals surface area contributed by atoms with Crippen molar-refractivity contribution in [2.24, 2.45) is 0 Å². The van der Waals surface area contributed by atoms with Gasteiger partial charge in [-0.3, -0.25) is 4.57 Å². The zero-order valence-corrected chi connectivity index (χ0v) is 9.81. The molecule has 0 saturated carbocycles. The van der Waals surface area contributed by atoms with Gasteiger partial charge in [-0.1, -0.05) is 0 Å². The Labute approximate surface area is 91.7 Å². The minimum absolute atomic E-state index is 0.378. The SMILES string of the molecule is CCN1c2nc(nc3nc(OC)[nH]c23)[PH]1=O. The van der Waals surface area contributed by atoms with Gasteiger partial charge in [0.15, 0.2) is 11.5 Å². The van der Waals surface area contributed by atoms with Crippen molar-refractivity contribution in [2.45, 2.75) is 6.92 Å².